The first kappa shape index (κ1) is 25.5. The fourth-order valence-electron chi connectivity index (χ4n) is 3.93. The summed E-state index contributed by atoms with van der Waals surface area (Å²) < 4.78 is 6.06. The summed E-state index contributed by atoms with van der Waals surface area (Å²) in [5.41, 5.74) is 7.47. The zero-order chi connectivity index (χ0) is 20.5. The van der Waals surface area contributed by atoms with E-state index in [0.717, 1.165) is 58.4 Å². The lowest BCUT2D eigenvalue weighted by Gasteiger charge is -2.34. The number of hydrogen-bond acceptors (Lipinski definition) is 5. The van der Waals surface area contributed by atoms with Gasteiger partial charge in [0.15, 0.2) is 0 Å². The Labute approximate surface area is 174 Å². The predicted molar refractivity (Wildman–Crippen MR) is 117 cm³/mol. The Morgan fingerprint density at radius 1 is 0.857 bits per heavy atom. The molecule has 0 aromatic heterocycles. The number of ether oxygens (including phenoxy) is 1. The van der Waals surface area contributed by atoms with Crippen molar-refractivity contribution in [3.63, 3.8) is 0 Å². The lowest BCUT2D eigenvalue weighted by atomic mass is 9.84. The van der Waals surface area contributed by atoms with Crippen LogP contribution in [-0.4, -0.2) is 43.5 Å². The molecule has 0 aliphatic heterocycles. The van der Waals surface area contributed by atoms with Gasteiger partial charge in [-0.3, -0.25) is 4.84 Å². The molecule has 5 heteroatoms. The normalized spacial score (nSPS) is 22.6. The molecule has 0 radical (unpaired) electrons. The first-order valence-corrected chi connectivity index (χ1v) is 12.1. The fourth-order valence-corrected chi connectivity index (χ4v) is 3.93. The van der Waals surface area contributed by atoms with Crippen molar-refractivity contribution >= 4 is 0 Å². The molecule has 0 bridgehead atoms. The Balaban J connectivity index is 2.40. The Kier molecular flexibility index (Phi) is 15.8. The molecule has 166 valence electrons. The van der Waals surface area contributed by atoms with Crippen molar-refractivity contribution in [2.75, 3.05) is 26.3 Å². The minimum Gasteiger partial charge on any atom is -0.376 e. The highest BCUT2D eigenvalue weighted by Crippen LogP contribution is 2.29. The zero-order valence-corrected chi connectivity index (χ0v) is 19.0. The van der Waals surface area contributed by atoms with E-state index in [9.17, 15) is 0 Å². The highest BCUT2D eigenvalue weighted by atomic mass is 16.7. The van der Waals surface area contributed by atoms with Gasteiger partial charge in [0.05, 0.1) is 18.8 Å². The third-order valence-electron chi connectivity index (χ3n) is 5.88. The van der Waals surface area contributed by atoms with Crippen LogP contribution in [0.1, 0.15) is 104 Å². The van der Waals surface area contributed by atoms with Gasteiger partial charge in [0.25, 0.3) is 0 Å². The smallest absolute Gasteiger partial charge is 0.0967 e. The van der Waals surface area contributed by atoms with Crippen molar-refractivity contribution in [2.45, 2.75) is 116 Å². The number of nitrogens with one attached hydrogen (secondary N) is 1. The number of hydroxylamine groups is 2. The van der Waals surface area contributed by atoms with E-state index in [1.165, 1.54) is 51.4 Å². The van der Waals surface area contributed by atoms with Gasteiger partial charge in [-0.25, -0.2) is 5.53 Å². The van der Waals surface area contributed by atoms with E-state index in [4.69, 9.17) is 15.1 Å². The van der Waals surface area contributed by atoms with Gasteiger partial charge in [-0.15, -0.1) is 0 Å². The molecule has 1 aliphatic carbocycles. The van der Waals surface area contributed by atoms with Gasteiger partial charge in [0.1, 0.15) is 0 Å². The summed E-state index contributed by atoms with van der Waals surface area (Å²) in [7, 11) is 0. The number of unbranched alkanes of at least 4 members (excludes halogenated alkanes) is 7. The van der Waals surface area contributed by atoms with Crippen LogP contribution in [-0.2, 0) is 9.57 Å². The highest BCUT2D eigenvalue weighted by Gasteiger charge is 2.31. The quantitative estimate of drug-likeness (QED) is 0.158. The van der Waals surface area contributed by atoms with Crippen molar-refractivity contribution in [1.29, 1.82) is 5.53 Å². The molecular formula is C23H47N3O2. The molecule has 3 atom stereocenters. The first-order chi connectivity index (χ1) is 13.7. The van der Waals surface area contributed by atoms with E-state index < -0.39 is 0 Å². The van der Waals surface area contributed by atoms with Crippen molar-refractivity contribution in [3.8, 4) is 0 Å². The Hall–Kier alpha value is -0.520. The minimum atomic E-state index is 0.0484. The van der Waals surface area contributed by atoms with Gasteiger partial charge in [0, 0.05) is 19.7 Å². The van der Waals surface area contributed by atoms with Crippen LogP contribution >= 0.6 is 0 Å². The van der Waals surface area contributed by atoms with Crippen molar-refractivity contribution in [1.82, 2.24) is 5.06 Å². The summed E-state index contributed by atoms with van der Waals surface area (Å²) in [5.74, 6) is 0.526. The fraction of sp³-hybridized carbons (Fsp3) is 1.00. The molecule has 0 aromatic carbocycles. The number of hydrogen-bond donors (Lipinski definition) is 1. The molecule has 0 aromatic rings. The molecule has 3 unspecified atom stereocenters. The third kappa shape index (κ3) is 11.5. The van der Waals surface area contributed by atoms with Crippen LogP contribution < -0.4 is 0 Å². The first-order valence-electron chi connectivity index (χ1n) is 12.1. The minimum absolute atomic E-state index is 0.0484. The molecule has 1 aliphatic rings. The van der Waals surface area contributed by atoms with Gasteiger partial charge in [-0.05, 0) is 44.4 Å². The Morgan fingerprint density at radius 3 is 2.07 bits per heavy atom. The molecule has 1 N–H and O–H groups in total. The van der Waals surface area contributed by atoms with E-state index in [2.05, 4.69) is 30.9 Å². The maximum absolute atomic E-state index is 7.47. The molecule has 1 saturated carbocycles. The van der Waals surface area contributed by atoms with Crippen molar-refractivity contribution in [2.24, 2.45) is 11.0 Å². The Bertz CT molecular complexity index is 356. The van der Waals surface area contributed by atoms with Gasteiger partial charge >= 0.3 is 0 Å². The average molecular weight is 398 g/mol. The van der Waals surface area contributed by atoms with E-state index in [0.29, 0.717) is 5.92 Å². The molecular weight excluding hydrogens is 350 g/mol. The summed E-state index contributed by atoms with van der Waals surface area (Å²) in [5, 5.41) is 6.06. The topological polar surface area (TPSA) is 57.9 Å². The predicted octanol–water partition coefficient (Wildman–Crippen LogP) is 6.77. The van der Waals surface area contributed by atoms with Gasteiger partial charge in [-0.2, -0.15) is 10.2 Å². The zero-order valence-electron chi connectivity index (χ0n) is 19.0. The second kappa shape index (κ2) is 17.3. The SMILES string of the molecule is CCCCCCN(CCCCCC)OCC1CCC(N=N)C(OCCCC)C1. The van der Waals surface area contributed by atoms with E-state index in [1.54, 1.807) is 0 Å². The second-order valence-electron chi connectivity index (χ2n) is 8.48. The number of rotatable bonds is 18. The molecule has 5 nitrogen and oxygen atoms in total. The van der Waals surface area contributed by atoms with Gasteiger partial charge in [-0.1, -0.05) is 65.7 Å². The van der Waals surface area contributed by atoms with Crippen molar-refractivity contribution < 1.29 is 9.57 Å². The van der Waals surface area contributed by atoms with Crippen LogP contribution in [0.2, 0.25) is 0 Å². The maximum atomic E-state index is 7.47. The monoisotopic (exact) mass is 397 g/mol. The summed E-state index contributed by atoms with van der Waals surface area (Å²) in [4.78, 5) is 6.29. The Morgan fingerprint density at radius 2 is 1.50 bits per heavy atom. The summed E-state index contributed by atoms with van der Waals surface area (Å²) in [6, 6.07) is 0.0484. The van der Waals surface area contributed by atoms with E-state index >= 15 is 0 Å². The van der Waals surface area contributed by atoms with E-state index in [1.807, 2.05) is 0 Å². The number of nitrogens with zero attached hydrogens (tertiary/aromatic N) is 2. The molecule has 0 amide bonds. The van der Waals surface area contributed by atoms with Crippen molar-refractivity contribution in [3.05, 3.63) is 0 Å². The lowest BCUT2D eigenvalue weighted by Crippen LogP contribution is -2.38. The van der Waals surface area contributed by atoms with Gasteiger partial charge in [0.2, 0.25) is 0 Å². The van der Waals surface area contributed by atoms with Crippen LogP contribution in [0, 0.1) is 11.4 Å². The summed E-state index contributed by atoms with van der Waals surface area (Å²) in [6.07, 6.45) is 15.6. The highest BCUT2D eigenvalue weighted by molar-refractivity contribution is 4.84. The maximum Gasteiger partial charge on any atom is 0.0967 e. The van der Waals surface area contributed by atoms with Crippen LogP contribution in [0.5, 0.6) is 0 Å². The molecule has 0 heterocycles. The second-order valence-corrected chi connectivity index (χ2v) is 8.48. The average Bonchev–Trinajstić information content (AvgIpc) is 2.72. The van der Waals surface area contributed by atoms with Crippen LogP contribution in [0.4, 0.5) is 0 Å². The standard InChI is InChI=1S/C23H47N3O2/c1-4-7-10-12-16-26(17-13-11-8-5-2)28-20-21-14-15-22(25-24)23(19-21)27-18-9-6-3/h21-24H,4-20H2,1-3H3. The molecule has 1 fully saturated rings. The largest absolute Gasteiger partial charge is 0.376 e. The summed E-state index contributed by atoms with van der Waals surface area (Å²) in [6.45, 7) is 10.4. The molecule has 1 rings (SSSR count). The third-order valence-corrected chi connectivity index (χ3v) is 5.88. The van der Waals surface area contributed by atoms with Crippen LogP contribution in [0.25, 0.3) is 0 Å². The van der Waals surface area contributed by atoms with E-state index in [-0.39, 0.29) is 12.1 Å². The van der Waals surface area contributed by atoms with Crippen LogP contribution in [0.3, 0.4) is 0 Å². The molecule has 28 heavy (non-hydrogen) atoms. The molecule has 0 saturated heterocycles. The lowest BCUT2D eigenvalue weighted by molar-refractivity contribution is -0.177. The summed E-state index contributed by atoms with van der Waals surface area (Å²) >= 11 is 0. The molecule has 0 spiro atoms. The van der Waals surface area contributed by atoms with Crippen LogP contribution in [0.15, 0.2) is 5.11 Å². The van der Waals surface area contributed by atoms with Gasteiger partial charge < -0.3 is 4.74 Å².